The van der Waals surface area contributed by atoms with E-state index in [0.717, 1.165) is 31.6 Å². The Balaban J connectivity index is 2.58. The molecule has 1 rings (SSSR count). The van der Waals surface area contributed by atoms with Crippen molar-refractivity contribution in [2.75, 3.05) is 25.4 Å². The maximum atomic E-state index is 10.4. The van der Waals surface area contributed by atoms with Crippen molar-refractivity contribution in [3.63, 3.8) is 0 Å². The Hall–Kier alpha value is -1.26. The second-order valence-electron chi connectivity index (χ2n) is 6.06. The average molecular weight is 308 g/mol. The molecule has 22 heavy (non-hydrogen) atoms. The summed E-state index contributed by atoms with van der Waals surface area (Å²) < 4.78 is 5.62. The molecule has 0 radical (unpaired) electrons. The monoisotopic (exact) mass is 308 g/mol. The first kappa shape index (κ1) is 18.8. The van der Waals surface area contributed by atoms with Gasteiger partial charge < -0.3 is 20.5 Å². The quantitative estimate of drug-likeness (QED) is 0.648. The first-order chi connectivity index (χ1) is 10.5. The molecule has 1 aromatic rings. The Morgan fingerprint density at radius 3 is 2.50 bits per heavy atom. The number of hydrogen-bond acceptors (Lipinski definition) is 4. The van der Waals surface area contributed by atoms with Crippen LogP contribution >= 0.6 is 0 Å². The van der Waals surface area contributed by atoms with E-state index in [-0.39, 0.29) is 6.10 Å². The second kappa shape index (κ2) is 9.70. The van der Waals surface area contributed by atoms with Crippen molar-refractivity contribution in [3.05, 3.63) is 23.8 Å². The molecule has 0 aliphatic carbocycles. The molecule has 4 heteroatoms. The van der Waals surface area contributed by atoms with E-state index in [4.69, 9.17) is 10.5 Å². The lowest BCUT2D eigenvalue weighted by Gasteiger charge is -2.22. The van der Waals surface area contributed by atoms with Crippen molar-refractivity contribution < 1.29 is 9.84 Å². The normalized spacial score (nSPS) is 12.9. The van der Waals surface area contributed by atoms with Crippen LogP contribution in [0.25, 0.3) is 0 Å². The smallest absolute Gasteiger partial charge is 0.142 e. The van der Waals surface area contributed by atoms with Gasteiger partial charge in [0.05, 0.1) is 17.9 Å². The predicted octanol–water partition coefficient (Wildman–Crippen LogP) is 3.60. The molecule has 1 unspecified atom stereocenters. The lowest BCUT2D eigenvalue weighted by molar-refractivity contribution is 0.143. The van der Waals surface area contributed by atoms with Gasteiger partial charge in [0.2, 0.25) is 0 Å². The molecule has 0 bridgehead atoms. The van der Waals surface area contributed by atoms with Gasteiger partial charge in [0.25, 0.3) is 0 Å². The lowest BCUT2D eigenvalue weighted by Crippen LogP contribution is -2.26. The predicted molar refractivity (Wildman–Crippen MR) is 93.2 cm³/mol. The number of aliphatic hydroxyl groups is 1. The number of hydrogen-bond donors (Lipinski definition) is 2. The minimum absolute atomic E-state index is 0.0924. The van der Waals surface area contributed by atoms with Gasteiger partial charge in [-0.05, 0) is 57.5 Å². The topological polar surface area (TPSA) is 58.7 Å². The first-order valence-corrected chi connectivity index (χ1v) is 8.44. The number of anilines is 1. The Labute approximate surface area is 135 Å². The van der Waals surface area contributed by atoms with E-state index < -0.39 is 6.10 Å². The summed E-state index contributed by atoms with van der Waals surface area (Å²) in [6.45, 7) is 11.3. The van der Waals surface area contributed by atoms with E-state index in [9.17, 15) is 5.11 Å². The van der Waals surface area contributed by atoms with Crippen LogP contribution in [0.1, 0.15) is 58.6 Å². The minimum atomic E-state index is -0.480. The first-order valence-electron chi connectivity index (χ1n) is 8.44. The van der Waals surface area contributed by atoms with Crippen LogP contribution in [0, 0.1) is 0 Å². The van der Waals surface area contributed by atoms with Gasteiger partial charge in [-0.15, -0.1) is 0 Å². The summed E-state index contributed by atoms with van der Waals surface area (Å²) >= 11 is 0. The molecule has 126 valence electrons. The molecule has 0 saturated heterocycles. The maximum absolute atomic E-state index is 10.4. The summed E-state index contributed by atoms with van der Waals surface area (Å²) in [5, 5.41) is 10.4. The van der Waals surface area contributed by atoms with Crippen LogP contribution in [-0.2, 0) is 0 Å². The van der Waals surface area contributed by atoms with Crippen LogP contribution in [0.15, 0.2) is 18.2 Å². The SMILES string of the molecule is CCCCN(CC)CCC(O)c1ccc(OC(C)C)c(N)c1. The highest BCUT2D eigenvalue weighted by molar-refractivity contribution is 5.54. The molecule has 0 fully saturated rings. The highest BCUT2D eigenvalue weighted by atomic mass is 16.5. The number of ether oxygens (including phenoxy) is 1. The van der Waals surface area contributed by atoms with Crippen molar-refractivity contribution in [2.45, 2.75) is 59.2 Å². The zero-order chi connectivity index (χ0) is 16.5. The number of benzene rings is 1. The lowest BCUT2D eigenvalue weighted by atomic mass is 10.0. The third-order valence-electron chi connectivity index (χ3n) is 3.78. The van der Waals surface area contributed by atoms with Gasteiger partial charge in [-0.3, -0.25) is 0 Å². The van der Waals surface area contributed by atoms with E-state index in [1.165, 1.54) is 12.8 Å². The number of aliphatic hydroxyl groups excluding tert-OH is 1. The van der Waals surface area contributed by atoms with E-state index in [1.54, 1.807) is 0 Å². The van der Waals surface area contributed by atoms with Crippen LogP contribution in [0.4, 0.5) is 5.69 Å². The van der Waals surface area contributed by atoms with Gasteiger partial charge >= 0.3 is 0 Å². The summed E-state index contributed by atoms with van der Waals surface area (Å²) in [6, 6.07) is 5.58. The van der Waals surface area contributed by atoms with Crippen LogP contribution < -0.4 is 10.5 Å². The Morgan fingerprint density at radius 2 is 1.95 bits per heavy atom. The highest BCUT2D eigenvalue weighted by Gasteiger charge is 2.12. The third-order valence-corrected chi connectivity index (χ3v) is 3.78. The van der Waals surface area contributed by atoms with Gasteiger partial charge in [0, 0.05) is 6.54 Å². The van der Waals surface area contributed by atoms with Crippen molar-refractivity contribution in [3.8, 4) is 5.75 Å². The molecule has 1 aromatic carbocycles. The fourth-order valence-corrected chi connectivity index (χ4v) is 2.42. The van der Waals surface area contributed by atoms with Crippen molar-refractivity contribution >= 4 is 5.69 Å². The largest absolute Gasteiger partial charge is 0.489 e. The Bertz CT molecular complexity index is 435. The van der Waals surface area contributed by atoms with Crippen LogP contribution in [0.3, 0.4) is 0 Å². The van der Waals surface area contributed by atoms with Crippen molar-refractivity contribution in [1.82, 2.24) is 4.90 Å². The number of nitrogens with two attached hydrogens (primary N) is 1. The van der Waals surface area contributed by atoms with Crippen molar-refractivity contribution in [1.29, 1.82) is 0 Å². The zero-order valence-corrected chi connectivity index (χ0v) is 14.5. The fourth-order valence-electron chi connectivity index (χ4n) is 2.42. The summed E-state index contributed by atoms with van der Waals surface area (Å²) in [6.07, 6.45) is 2.74. The fraction of sp³-hybridized carbons (Fsp3) is 0.667. The Morgan fingerprint density at radius 1 is 1.23 bits per heavy atom. The van der Waals surface area contributed by atoms with E-state index in [1.807, 2.05) is 32.0 Å². The molecule has 3 N–H and O–H groups in total. The summed E-state index contributed by atoms with van der Waals surface area (Å²) in [5.41, 5.74) is 7.46. The molecule has 0 amide bonds. The third kappa shape index (κ3) is 6.24. The molecular formula is C18H32N2O2. The molecule has 0 spiro atoms. The number of unbranched alkanes of at least 4 members (excludes halogenated alkanes) is 1. The minimum Gasteiger partial charge on any atom is -0.489 e. The van der Waals surface area contributed by atoms with Gasteiger partial charge in [0.1, 0.15) is 5.75 Å². The molecular weight excluding hydrogens is 276 g/mol. The van der Waals surface area contributed by atoms with E-state index in [2.05, 4.69) is 18.7 Å². The number of nitrogens with zero attached hydrogens (tertiary/aromatic N) is 1. The summed E-state index contributed by atoms with van der Waals surface area (Å²) in [7, 11) is 0. The van der Waals surface area contributed by atoms with Crippen LogP contribution in [0.5, 0.6) is 5.75 Å². The molecule has 0 heterocycles. The van der Waals surface area contributed by atoms with Crippen molar-refractivity contribution in [2.24, 2.45) is 0 Å². The molecule has 0 aliphatic rings. The van der Waals surface area contributed by atoms with E-state index >= 15 is 0 Å². The Kier molecular flexibility index (Phi) is 8.28. The highest BCUT2D eigenvalue weighted by Crippen LogP contribution is 2.27. The second-order valence-corrected chi connectivity index (χ2v) is 6.06. The number of nitrogen functional groups attached to an aromatic ring is 1. The molecule has 0 saturated carbocycles. The average Bonchev–Trinajstić information content (AvgIpc) is 2.48. The van der Waals surface area contributed by atoms with E-state index in [0.29, 0.717) is 11.4 Å². The van der Waals surface area contributed by atoms with Gasteiger partial charge in [-0.2, -0.15) is 0 Å². The summed E-state index contributed by atoms with van der Waals surface area (Å²) in [4.78, 5) is 2.38. The molecule has 0 aromatic heterocycles. The molecule has 4 nitrogen and oxygen atoms in total. The van der Waals surface area contributed by atoms with Crippen LogP contribution in [-0.4, -0.2) is 35.7 Å². The summed E-state index contributed by atoms with van der Waals surface area (Å²) in [5.74, 6) is 0.684. The maximum Gasteiger partial charge on any atom is 0.142 e. The van der Waals surface area contributed by atoms with Gasteiger partial charge in [-0.25, -0.2) is 0 Å². The van der Waals surface area contributed by atoms with Crippen LogP contribution in [0.2, 0.25) is 0 Å². The molecule has 0 aliphatic heterocycles. The zero-order valence-electron chi connectivity index (χ0n) is 14.5. The standard InChI is InChI=1S/C18H32N2O2/c1-5-7-11-20(6-2)12-10-17(21)15-8-9-18(16(19)13-15)22-14(3)4/h8-9,13-14,17,21H,5-7,10-12,19H2,1-4H3. The molecule has 1 atom stereocenters. The number of rotatable bonds is 10. The van der Waals surface area contributed by atoms with Gasteiger partial charge in [0.15, 0.2) is 0 Å². The van der Waals surface area contributed by atoms with Gasteiger partial charge in [-0.1, -0.05) is 26.3 Å².